The maximum atomic E-state index is 13.9. The minimum Gasteiger partial charge on any atom is -0.458 e. The van der Waals surface area contributed by atoms with E-state index in [1.54, 1.807) is 0 Å². The predicted octanol–water partition coefficient (Wildman–Crippen LogP) is 3.98. The molecule has 41 heavy (non-hydrogen) atoms. The summed E-state index contributed by atoms with van der Waals surface area (Å²) in [7, 11) is 0. The first kappa shape index (κ1) is 29.7. The largest absolute Gasteiger partial charge is 0.458 e. The van der Waals surface area contributed by atoms with Crippen LogP contribution in [0.1, 0.15) is 48.0 Å². The van der Waals surface area contributed by atoms with Crippen molar-refractivity contribution in [3.63, 3.8) is 0 Å². The Balaban J connectivity index is 1.16. The molecule has 2 N–H and O–H groups in total. The number of quaternary nitrogens is 1. The van der Waals surface area contributed by atoms with Gasteiger partial charge in [0.25, 0.3) is 0 Å². The molecular weight excluding hydrogens is 867 g/mol. The van der Waals surface area contributed by atoms with Gasteiger partial charge in [-0.05, 0) is 91.9 Å². The average Bonchev–Trinajstić information content (AvgIpc) is 3.59. The number of fused-ring (bicyclic) bond motifs is 1. The van der Waals surface area contributed by atoms with E-state index in [4.69, 9.17) is 14.2 Å². The van der Waals surface area contributed by atoms with Crippen molar-refractivity contribution >= 4 is 91.5 Å². The number of piperidine rings is 1. The maximum Gasteiger partial charge on any atom is 0.311 e. The molecule has 0 radical (unpaired) electrons. The molecule has 2 aromatic carbocycles. The highest BCUT2D eigenvalue weighted by molar-refractivity contribution is 14.1. The van der Waals surface area contributed by atoms with Crippen LogP contribution >= 0.6 is 67.8 Å². The number of carbonyl (C=O) groups excluding carboxylic acids is 4. The summed E-state index contributed by atoms with van der Waals surface area (Å²) in [5.41, 5.74) is 0.813. The van der Waals surface area contributed by atoms with Gasteiger partial charge in [0.15, 0.2) is 5.78 Å². The Morgan fingerprint density at radius 3 is 2.46 bits per heavy atom. The Hall–Kier alpha value is -1.33. The highest BCUT2D eigenvalue weighted by Gasteiger charge is 2.70. The predicted molar refractivity (Wildman–Crippen MR) is 172 cm³/mol. The van der Waals surface area contributed by atoms with Crippen molar-refractivity contribution in [2.75, 3.05) is 13.1 Å². The van der Waals surface area contributed by atoms with Crippen LogP contribution in [0, 0.1) is 34.4 Å². The van der Waals surface area contributed by atoms with E-state index in [1.807, 2.05) is 42.5 Å². The van der Waals surface area contributed by atoms with Gasteiger partial charge in [0, 0.05) is 47.4 Å². The average molecular weight is 896 g/mol. The molecule has 4 fully saturated rings. The number of esters is 3. The number of carbonyl (C=O) groups is 4. The van der Waals surface area contributed by atoms with Crippen molar-refractivity contribution in [1.82, 2.24) is 0 Å². The molecule has 2 saturated carbocycles. The molecule has 6 rings (SSSR count). The van der Waals surface area contributed by atoms with Gasteiger partial charge in [0.05, 0.1) is 31.3 Å². The molecule has 6 atom stereocenters. The minimum absolute atomic E-state index is 0.0149. The Labute approximate surface area is 278 Å². The zero-order valence-electron chi connectivity index (χ0n) is 22.0. The fourth-order valence-electron chi connectivity index (χ4n) is 7.18. The first-order valence-corrected chi connectivity index (χ1v) is 17.1. The zero-order chi connectivity index (χ0) is 28.9. The third kappa shape index (κ3) is 5.56. The molecule has 2 aliphatic carbocycles. The molecule has 0 amide bonds. The third-order valence-electron chi connectivity index (χ3n) is 9.04. The lowest BCUT2D eigenvalue weighted by molar-refractivity contribution is -0.668. The topological polar surface area (TPSA) is 113 Å². The summed E-state index contributed by atoms with van der Waals surface area (Å²) in [6, 6.07) is 13.6. The zero-order valence-corrected chi connectivity index (χ0v) is 28.5. The van der Waals surface area contributed by atoms with Gasteiger partial charge in [-0.2, -0.15) is 0 Å². The van der Waals surface area contributed by atoms with Crippen LogP contribution in [0.25, 0.3) is 0 Å². The van der Waals surface area contributed by atoms with E-state index in [2.05, 4.69) is 73.1 Å². The second-order valence-electron chi connectivity index (χ2n) is 11.3. The van der Waals surface area contributed by atoms with Gasteiger partial charge in [-0.25, -0.2) is 0 Å². The molecule has 2 aromatic rings. The van der Waals surface area contributed by atoms with Gasteiger partial charge in [0.2, 0.25) is 0 Å². The number of Topliss-reactive ketones (excluding diaryl/α,β-unsaturated/α-hetero) is 1. The number of hydrogen-bond acceptors (Lipinski definition) is 7. The monoisotopic (exact) mass is 896 g/mol. The highest BCUT2D eigenvalue weighted by Crippen LogP contribution is 2.59. The van der Waals surface area contributed by atoms with Gasteiger partial charge in [-0.3, -0.25) is 19.2 Å². The molecule has 2 bridgehead atoms. The molecule has 2 aliphatic heterocycles. The molecule has 11 heteroatoms. The standard InChI is InChI=1S/C30H28I3NO7/c31-16-12-17(25(33)20(32)13-16)21(35)6-7-22(36)39-26-19-14-18-23(28(37)40-27(18)26)24(19)29(38)41-30(8-10-34-11-9-30)15-4-2-1-3-5-15/h1-5,12-13,18-19,23-24,26-27,34H,6-11,14H2/p+1. The fourth-order valence-corrected chi connectivity index (χ4v) is 9.64. The summed E-state index contributed by atoms with van der Waals surface area (Å²) in [4.78, 5) is 52.7. The molecule has 2 heterocycles. The first-order chi connectivity index (χ1) is 19.7. The second-order valence-corrected chi connectivity index (χ2v) is 14.8. The lowest BCUT2D eigenvalue weighted by Gasteiger charge is -2.38. The van der Waals surface area contributed by atoms with E-state index in [0.717, 1.165) is 29.4 Å². The number of halogens is 3. The molecule has 6 unspecified atom stereocenters. The Bertz CT molecular complexity index is 1390. The summed E-state index contributed by atoms with van der Waals surface area (Å²) in [5, 5.41) is 2.21. The van der Waals surface area contributed by atoms with Crippen LogP contribution in [0.2, 0.25) is 0 Å². The quantitative estimate of drug-likeness (QED) is 0.141. The van der Waals surface area contributed by atoms with Crippen molar-refractivity contribution in [3.05, 3.63) is 64.3 Å². The number of nitrogens with two attached hydrogens (primary N) is 1. The number of hydrogen-bond donors (Lipinski definition) is 1. The van der Waals surface area contributed by atoms with Crippen molar-refractivity contribution in [1.29, 1.82) is 0 Å². The summed E-state index contributed by atoms with van der Waals surface area (Å²) >= 11 is 6.52. The number of ketones is 1. The van der Waals surface area contributed by atoms with Gasteiger partial charge in [-0.15, -0.1) is 0 Å². The van der Waals surface area contributed by atoms with E-state index in [1.165, 1.54) is 0 Å². The number of ether oxygens (including phenoxy) is 3. The Morgan fingerprint density at radius 1 is 1.00 bits per heavy atom. The van der Waals surface area contributed by atoms with E-state index in [9.17, 15) is 19.2 Å². The molecule has 8 nitrogen and oxygen atoms in total. The fraction of sp³-hybridized carbons (Fsp3) is 0.467. The number of benzene rings is 2. The van der Waals surface area contributed by atoms with Crippen molar-refractivity contribution < 1.29 is 38.7 Å². The molecule has 4 aliphatic rings. The summed E-state index contributed by atoms with van der Waals surface area (Å²) in [6.07, 6.45) is 0.612. The van der Waals surface area contributed by atoms with Gasteiger partial charge < -0.3 is 19.5 Å². The molecule has 0 spiro atoms. The van der Waals surface area contributed by atoms with E-state index in [0.29, 0.717) is 24.8 Å². The maximum absolute atomic E-state index is 13.9. The smallest absolute Gasteiger partial charge is 0.311 e. The third-order valence-corrected chi connectivity index (χ3v) is 12.7. The van der Waals surface area contributed by atoms with Crippen molar-refractivity contribution in [2.24, 2.45) is 23.7 Å². The summed E-state index contributed by atoms with van der Waals surface area (Å²) in [5.74, 6) is -3.28. The highest BCUT2D eigenvalue weighted by atomic mass is 127. The molecule has 0 aromatic heterocycles. The second kappa shape index (κ2) is 12.0. The van der Waals surface area contributed by atoms with E-state index >= 15 is 0 Å². The first-order valence-electron chi connectivity index (χ1n) is 13.9. The minimum atomic E-state index is -0.742. The van der Waals surface area contributed by atoms with Gasteiger partial charge >= 0.3 is 17.9 Å². The van der Waals surface area contributed by atoms with Crippen LogP contribution in [0.15, 0.2) is 42.5 Å². The van der Waals surface area contributed by atoms with Gasteiger partial charge in [0.1, 0.15) is 17.8 Å². The lowest BCUT2D eigenvalue weighted by Crippen LogP contribution is -2.87. The Morgan fingerprint density at radius 2 is 1.73 bits per heavy atom. The van der Waals surface area contributed by atoms with Crippen molar-refractivity contribution in [2.45, 2.75) is 49.9 Å². The molecule has 216 valence electrons. The van der Waals surface area contributed by atoms with E-state index < -0.39 is 47.6 Å². The Kier molecular flexibility index (Phi) is 8.69. The van der Waals surface area contributed by atoms with Crippen LogP contribution < -0.4 is 5.32 Å². The molecular formula is C30H29I3NO7+. The summed E-state index contributed by atoms with van der Waals surface area (Å²) < 4.78 is 20.7. The van der Waals surface area contributed by atoms with Crippen LogP contribution in [0.3, 0.4) is 0 Å². The lowest BCUT2D eigenvalue weighted by atomic mass is 9.78. The van der Waals surface area contributed by atoms with Crippen LogP contribution in [-0.4, -0.2) is 49.0 Å². The van der Waals surface area contributed by atoms with E-state index in [-0.39, 0.29) is 30.5 Å². The molecule has 2 saturated heterocycles. The number of rotatable bonds is 8. The SMILES string of the molecule is O=C(CCC(=O)c1cc(I)cc(I)c1I)OC1C2CC3C1OC(=O)C3C2C(=O)OC1(c2ccccc2)CC[NH2+]CC1. The van der Waals surface area contributed by atoms with Crippen LogP contribution in [0.4, 0.5) is 0 Å². The normalized spacial score (nSPS) is 29.2. The van der Waals surface area contributed by atoms with Crippen molar-refractivity contribution in [3.8, 4) is 0 Å². The van der Waals surface area contributed by atoms with Crippen LogP contribution in [-0.2, 0) is 34.2 Å². The summed E-state index contributed by atoms with van der Waals surface area (Å²) in [6.45, 7) is 1.68. The van der Waals surface area contributed by atoms with Crippen LogP contribution in [0.5, 0.6) is 0 Å². The van der Waals surface area contributed by atoms with Gasteiger partial charge in [-0.1, -0.05) is 30.3 Å².